The van der Waals surface area contributed by atoms with Gasteiger partial charge in [0.05, 0.1) is 17.5 Å². The van der Waals surface area contributed by atoms with Gasteiger partial charge in [-0.1, -0.05) is 23.2 Å². The summed E-state index contributed by atoms with van der Waals surface area (Å²) >= 11 is 12.0. The number of benzene rings is 1. The van der Waals surface area contributed by atoms with Gasteiger partial charge in [0.1, 0.15) is 5.82 Å². The molecule has 0 aromatic heterocycles. The zero-order chi connectivity index (χ0) is 13.5. The van der Waals surface area contributed by atoms with E-state index in [9.17, 15) is 9.18 Å². The first-order chi connectivity index (χ1) is 8.44. The molecule has 2 rings (SSSR count). The van der Waals surface area contributed by atoms with Crippen LogP contribution in [-0.4, -0.2) is 25.1 Å². The van der Waals surface area contributed by atoms with E-state index in [1.807, 2.05) is 0 Å². The number of carbonyl (C=O) groups excluding carboxylic acids is 1. The molecule has 1 aliphatic rings. The molecule has 6 heteroatoms. The highest BCUT2D eigenvalue weighted by Crippen LogP contribution is 2.54. The van der Waals surface area contributed by atoms with Crippen LogP contribution in [0, 0.1) is 5.82 Å². The van der Waals surface area contributed by atoms with Crippen molar-refractivity contribution in [2.45, 2.75) is 18.3 Å². The summed E-state index contributed by atoms with van der Waals surface area (Å²) in [6.07, 6.45) is 1.17. The molecule has 1 saturated carbocycles. The van der Waals surface area contributed by atoms with E-state index in [1.54, 1.807) is 0 Å². The quantitative estimate of drug-likeness (QED) is 0.632. The van der Waals surface area contributed by atoms with Gasteiger partial charge >= 0.3 is 0 Å². The average Bonchev–Trinajstić information content (AvgIpc) is 3.14. The molecule has 18 heavy (non-hydrogen) atoms. The monoisotopic (exact) mass is 291 g/mol. The summed E-state index contributed by atoms with van der Waals surface area (Å²) in [7, 11) is 2.90. The molecule has 0 aliphatic heterocycles. The number of carbonyl (C=O) groups is 1. The zero-order valence-corrected chi connectivity index (χ0v) is 11.5. The lowest BCUT2D eigenvalue weighted by atomic mass is 9.94. The van der Waals surface area contributed by atoms with Crippen molar-refractivity contribution >= 4 is 29.1 Å². The molecule has 1 aliphatic carbocycles. The number of rotatable bonds is 3. The van der Waals surface area contributed by atoms with Crippen LogP contribution in [-0.2, 0) is 15.0 Å². The van der Waals surface area contributed by atoms with Crippen LogP contribution >= 0.6 is 23.2 Å². The van der Waals surface area contributed by atoms with E-state index in [0.717, 1.165) is 5.06 Å². The predicted octanol–water partition coefficient (Wildman–Crippen LogP) is 3.18. The largest absolute Gasteiger partial charge is 0.275 e. The first-order valence-electron chi connectivity index (χ1n) is 5.40. The Morgan fingerprint density at radius 3 is 2.56 bits per heavy atom. The van der Waals surface area contributed by atoms with Crippen molar-refractivity contribution in [2.75, 3.05) is 14.2 Å². The van der Waals surface area contributed by atoms with E-state index in [-0.39, 0.29) is 10.9 Å². The molecule has 0 saturated heterocycles. The van der Waals surface area contributed by atoms with Crippen LogP contribution in [0.3, 0.4) is 0 Å². The lowest BCUT2D eigenvalue weighted by molar-refractivity contribution is -0.171. The lowest BCUT2D eigenvalue weighted by Gasteiger charge is -2.23. The highest BCUT2D eigenvalue weighted by atomic mass is 35.5. The second-order valence-corrected chi connectivity index (χ2v) is 5.07. The number of likely N-dealkylation sites (N-methyl/N-ethyl adjacent to an activating group) is 1. The first-order valence-corrected chi connectivity index (χ1v) is 6.16. The molecule has 0 atom stereocenters. The third-order valence-electron chi connectivity index (χ3n) is 3.24. The van der Waals surface area contributed by atoms with Gasteiger partial charge in [-0.2, -0.15) is 0 Å². The van der Waals surface area contributed by atoms with Crippen LogP contribution in [0.15, 0.2) is 12.1 Å². The number of nitrogens with zero attached hydrogens (tertiary/aromatic N) is 1. The predicted molar refractivity (Wildman–Crippen MR) is 67.1 cm³/mol. The average molecular weight is 292 g/mol. The van der Waals surface area contributed by atoms with Gasteiger partial charge in [0.25, 0.3) is 5.91 Å². The summed E-state index contributed by atoms with van der Waals surface area (Å²) in [5.74, 6) is -0.838. The fraction of sp³-hybridized carbons (Fsp3) is 0.417. The third kappa shape index (κ3) is 1.98. The Balaban J connectivity index is 2.49. The standard InChI is InChI=1S/C12H12Cl2FNO2/c1-16(18-2)11(17)12(5-6-12)9-7(13)3-4-8(15)10(9)14/h3-4H,5-6H2,1-2H3. The highest BCUT2D eigenvalue weighted by molar-refractivity contribution is 6.37. The van der Waals surface area contributed by atoms with Gasteiger partial charge in [-0.25, -0.2) is 9.45 Å². The van der Waals surface area contributed by atoms with Crippen molar-refractivity contribution in [3.63, 3.8) is 0 Å². The number of halogens is 3. The molecule has 1 amide bonds. The molecule has 1 aromatic rings. The van der Waals surface area contributed by atoms with Crippen molar-refractivity contribution in [1.29, 1.82) is 0 Å². The molecule has 0 N–H and O–H groups in total. The molecule has 98 valence electrons. The Labute approximate surface area is 114 Å². The maximum Gasteiger partial charge on any atom is 0.256 e. The topological polar surface area (TPSA) is 29.5 Å². The number of hydrogen-bond acceptors (Lipinski definition) is 2. The van der Waals surface area contributed by atoms with Crippen LogP contribution < -0.4 is 0 Å². The normalized spacial score (nSPS) is 16.5. The van der Waals surface area contributed by atoms with Crippen LogP contribution in [0.2, 0.25) is 10.0 Å². The van der Waals surface area contributed by atoms with Gasteiger partial charge in [-0.05, 0) is 25.0 Å². The number of hydroxylamine groups is 2. The van der Waals surface area contributed by atoms with Crippen LogP contribution in [0.5, 0.6) is 0 Å². The molecule has 1 aromatic carbocycles. The molecule has 0 spiro atoms. The molecule has 0 heterocycles. The summed E-state index contributed by atoms with van der Waals surface area (Å²) in [6, 6.07) is 2.60. The summed E-state index contributed by atoms with van der Waals surface area (Å²) < 4.78 is 13.5. The van der Waals surface area contributed by atoms with Gasteiger partial charge in [0, 0.05) is 17.6 Å². The Bertz CT molecular complexity index is 503. The van der Waals surface area contributed by atoms with Crippen molar-refractivity contribution in [1.82, 2.24) is 5.06 Å². The van der Waals surface area contributed by atoms with Gasteiger partial charge < -0.3 is 0 Å². The van der Waals surface area contributed by atoms with E-state index in [4.69, 9.17) is 28.0 Å². The minimum absolute atomic E-state index is 0.0853. The fourth-order valence-corrected chi connectivity index (χ4v) is 2.78. The smallest absolute Gasteiger partial charge is 0.256 e. The molecule has 3 nitrogen and oxygen atoms in total. The second kappa shape index (κ2) is 4.68. The SMILES string of the molecule is CON(C)C(=O)C1(c2c(Cl)ccc(F)c2Cl)CC1. The maximum absolute atomic E-state index is 13.5. The van der Waals surface area contributed by atoms with E-state index < -0.39 is 11.2 Å². The maximum atomic E-state index is 13.5. The minimum Gasteiger partial charge on any atom is -0.275 e. The van der Waals surface area contributed by atoms with Gasteiger partial charge in [-0.3, -0.25) is 9.63 Å². The molecule has 1 fully saturated rings. The summed E-state index contributed by atoms with van der Waals surface area (Å²) in [5.41, 5.74) is -0.485. The van der Waals surface area contributed by atoms with E-state index >= 15 is 0 Å². The minimum atomic E-state index is -0.846. The third-order valence-corrected chi connectivity index (χ3v) is 3.93. The van der Waals surface area contributed by atoms with Crippen LogP contribution in [0.1, 0.15) is 18.4 Å². The van der Waals surface area contributed by atoms with Crippen molar-refractivity contribution in [2.24, 2.45) is 0 Å². The Kier molecular flexibility index (Phi) is 3.54. The van der Waals surface area contributed by atoms with E-state index in [0.29, 0.717) is 23.4 Å². The van der Waals surface area contributed by atoms with E-state index in [2.05, 4.69) is 0 Å². The van der Waals surface area contributed by atoms with Crippen molar-refractivity contribution in [3.8, 4) is 0 Å². The summed E-state index contributed by atoms with van der Waals surface area (Å²) in [5, 5.41) is 1.33. The Morgan fingerprint density at radius 2 is 2.06 bits per heavy atom. The van der Waals surface area contributed by atoms with Crippen LogP contribution in [0.25, 0.3) is 0 Å². The van der Waals surface area contributed by atoms with Gasteiger partial charge in [-0.15, -0.1) is 0 Å². The zero-order valence-electron chi connectivity index (χ0n) is 9.97. The Hall–Kier alpha value is -0.840. The first kappa shape index (κ1) is 13.6. The summed E-state index contributed by atoms with van der Waals surface area (Å²) in [6.45, 7) is 0. The van der Waals surface area contributed by atoms with Crippen molar-refractivity contribution in [3.05, 3.63) is 33.6 Å². The number of amides is 1. The molecular formula is C12H12Cl2FNO2. The van der Waals surface area contributed by atoms with Crippen molar-refractivity contribution < 1.29 is 14.0 Å². The fourth-order valence-electron chi connectivity index (χ4n) is 2.05. The van der Waals surface area contributed by atoms with E-state index in [1.165, 1.54) is 26.3 Å². The van der Waals surface area contributed by atoms with Crippen LogP contribution in [0.4, 0.5) is 4.39 Å². The highest BCUT2D eigenvalue weighted by Gasteiger charge is 2.55. The van der Waals surface area contributed by atoms with Gasteiger partial charge in [0.2, 0.25) is 0 Å². The number of hydrogen-bond donors (Lipinski definition) is 0. The lowest BCUT2D eigenvalue weighted by Crippen LogP contribution is -2.36. The summed E-state index contributed by atoms with van der Waals surface area (Å²) in [4.78, 5) is 17.1. The molecule has 0 bridgehead atoms. The van der Waals surface area contributed by atoms with Gasteiger partial charge in [0.15, 0.2) is 0 Å². The second-order valence-electron chi connectivity index (χ2n) is 4.29. The molecule has 0 radical (unpaired) electrons. The molecular weight excluding hydrogens is 280 g/mol. The molecule has 0 unspecified atom stereocenters. The Morgan fingerprint density at radius 1 is 1.44 bits per heavy atom.